The van der Waals surface area contributed by atoms with Crippen LogP contribution in [-0.4, -0.2) is 34.7 Å². The molecule has 1 heterocycles. The molecule has 0 atom stereocenters. The summed E-state index contributed by atoms with van der Waals surface area (Å²) in [5.74, 6) is 0.997. The molecule has 0 saturated carbocycles. The fraction of sp³-hybridized carbons (Fsp3) is 0.478. The van der Waals surface area contributed by atoms with Crippen molar-refractivity contribution < 1.29 is 18.4 Å². The van der Waals surface area contributed by atoms with Crippen LogP contribution in [0.25, 0.3) is 0 Å². The summed E-state index contributed by atoms with van der Waals surface area (Å²) >= 11 is 0. The Labute approximate surface area is 172 Å². The Bertz CT molecular complexity index is 786. The van der Waals surface area contributed by atoms with Gasteiger partial charge in [-0.2, -0.15) is 0 Å². The lowest BCUT2D eigenvalue weighted by Crippen LogP contribution is -2.42. The number of carbonyl (C=O) groups is 2. The predicted molar refractivity (Wildman–Crippen MR) is 110 cm³/mol. The van der Waals surface area contributed by atoms with Crippen LogP contribution in [0.2, 0.25) is 0 Å². The van der Waals surface area contributed by atoms with Crippen molar-refractivity contribution in [1.82, 2.24) is 9.80 Å². The molecular weight excluding hydrogens is 371 g/mol. The molecule has 0 spiro atoms. The summed E-state index contributed by atoms with van der Waals surface area (Å²) in [6.45, 7) is 7.10. The van der Waals surface area contributed by atoms with E-state index in [1.807, 2.05) is 32.9 Å². The van der Waals surface area contributed by atoms with Crippen molar-refractivity contribution in [3.8, 4) is 0 Å². The van der Waals surface area contributed by atoms with Gasteiger partial charge in [0.15, 0.2) is 0 Å². The zero-order valence-electron chi connectivity index (χ0n) is 17.6. The Balaban J connectivity index is 2.14. The number of nitrogens with zero attached hydrogens (tertiary/aromatic N) is 2. The van der Waals surface area contributed by atoms with Gasteiger partial charge in [-0.25, -0.2) is 4.39 Å². The highest BCUT2D eigenvalue weighted by atomic mass is 19.1. The minimum Gasteiger partial charge on any atom is -0.464 e. The predicted octanol–water partition coefficient (Wildman–Crippen LogP) is 4.68. The monoisotopic (exact) mass is 402 g/mol. The number of hydrogen-bond donors (Lipinski definition) is 0. The van der Waals surface area contributed by atoms with Crippen LogP contribution in [0.3, 0.4) is 0 Å². The fourth-order valence-corrected chi connectivity index (χ4v) is 3.11. The van der Waals surface area contributed by atoms with E-state index in [1.165, 1.54) is 12.1 Å². The first-order valence-electron chi connectivity index (χ1n) is 10.3. The molecule has 1 aromatic carbocycles. The van der Waals surface area contributed by atoms with Gasteiger partial charge in [0.1, 0.15) is 17.3 Å². The number of amides is 2. The van der Waals surface area contributed by atoms with E-state index in [0.29, 0.717) is 31.8 Å². The average Bonchev–Trinajstić information content (AvgIpc) is 3.11. The second-order valence-corrected chi connectivity index (χ2v) is 7.31. The molecule has 29 heavy (non-hydrogen) atoms. The van der Waals surface area contributed by atoms with Crippen LogP contribution < -0.4 is 0 Å². The van der Waals surface area contributed by atoms with Gasteiger partial charge < -0.3 is 14.2 Å². The molecule has 0 aliphatic rings. The van der Waals surface area contributed by atoms with E-state index in [0.717, 1.165) is 30.6 Å². The molecule has 0 aliphatic heterocycles. The van der Waals surface area contributed by atoms with Gasteiger partial charge in [0, 0.05) is 19.5 Å². The van der Waals surface area contributed by atoms with Gasteiger partial charge in [-0.15, -0.1) is 0 Å². The fourth-order valence-electron chi connectivity index (χ4n) is 3.11. The van der Waals surface area contributed by atoms with Gasteiger partial charge in [0.05, 0.1) is 13.1 Å². The van der Waals surface area contributed by atoms with Crippen molar-refractivity contribution in [2.75, 3.05) is 13.1 Å². The lowest BCUT2D eigenvalue weighted by atomic mass is 10.2. The summed E-state index contributed by atoms with van der Waals surface area (Å²) in [6.07, 6.45) is 3.01. The highest BCUT2D eigenvalue weighted by Crippen LogP contribution is 2.15. The van der Waals surface area contributed by atoms with Gasteiger partial charge in [0.25, 0.3) is 0 Å². The van der Waals surface area contributed by atoms with Crippen LogP contribution in [0.4, 0.5) is 4.39 Å². The number of unbranched alkanes of at least 4 members (excludes halogenated alkanes) is 1. The summed E-state index contributed by atoms with van der Waals surface area (Å²) in [4.78, 5) is 28.9. The van der Waals surface area contributed by atoms with E-state index in [1.54, 1.807) is 21.9 Å². The molecule has 1 aromatic heterocycles. The third kappa shape index (κ3) is 7.37. The first-order chi connectivity index (χ1) is 13.9. The summed E-state index contributed by atoms with van der Waals surface area (Å²) in [5, 5.41) is 0. The number of hydrogen-bond acceptors (Lipinski definition) is 3. The smallest absolute Gasteiger partial charge is 0.242 e. The average molecular weight is 403 g/mol. The standard InChI is InChI=1S/C23H31FN2O3/c1-4-6-7-22(27)25(14-5-2)17-23(28)26(16-21-13-8-18(3)29-21)15-19-9-11-20(24)12-10-19/h8-13H,4-7,14-17H2,1-3H3. The summed E-state index contributed by atoms with van der Waals surface area (Å²) in [5.41, 5.74) is 0.822. The molecule has 158 valence electrons. The second-order valence-electron chi connectivity index (χ2n) is 7.31. The molecule has 0 radical (unpaired) electrons. The first kappa shape index (κ1) is 22.7. The number of furan rings is 1. The molecule has 2 aromatic rings. The molecule has 0 saturated heterocycles. The lowest BCUT2D eigenvalue weighted by Gasteiger charge is -2.27. The molecule has 5 nitrogen and oxygen atoms in total. The Morgan fingerprint density at radius 3 is 2.24 bits per heavy atom. The number of carbonyl (C=O) groups excluding carboxylic acids is 2. The zero-order valence-corrected chi connectivity index (χ0v) is 17.6. The number of rotatable bonds is 11. The molecule has 2 amide bonds. The third-order valence-electron chi connectivity index (χ3n) is 4.70. The normalized spacial score (nSPS) is 10.8. The Hall–Kier alpha value is -2.63. The molecule has 0 N–H and O–H groups in total. The third-order valence-corrected chi connectivity index (χ3v) is 4.70. The second kappa shape index (κ2) is 11.4. The summed E-state index contributed by atoms with van der Waals surface area (Å²) in [7, 11) is 0. The van der Waals surface area contributed by atoms with Gasteiger partial charge in [-0.1, -0.05) is 32.4 Å². The van der Waals surface area contributed by atoms with Crippen LogP contribution in [-0.2, 0) is 22.7 Å². The Morgan fingerprint density at radius 2 is 1.66 bits per heavy atom. The molecule has 0 bridgehead atoms. The van der Waals surface area contributed by atoms with Crippen molar-refractivity contribution in [2.45, 2.75) is 59.5 Å². The maximum atomic E-state index is 13.2. The van der Waals surface area contributed by atoms with Crippen LogP contribution in [0.5, 0.6) is 0 Å². The highest BCUT2D eigenvalue weighted by Gasteiger charge is 2.22. The van der Waals surface area contributed by atoms with Crippen molar-refractivity contribution in [2.24, 2.45) is 0 Å². The van der Waals surface area contributed by atoms with Crippen LogP contribution in [0.1, 0.15) is 56.6 Å². The quantitative estimate of drug-likeness (QED) is 0.548. The van der Waals surface area contributed by atoms with Gasteiger partial charge >= 0.3 is 0 Å². The van der Waals surface area contributed by atoms with Crippen LogP contribution in [0.15, 0.2) is 40.8 Å². The van der Waals surface area contributed by atoms with Gasteiger partial charge in [0.2, 0.25) is 11.8 Å². The number of benzene rings is 1. The van der Waals surface area contributed by atoms with Crippen molar-refractivity contribution >= 4 is 11.8 Å². The minimum atomic E-state index is -0.316. The van der Waals surface area contributed by atoms with Crippen molar-refractivity contribution in [1.29, 1.82) is 0 Å². The Morgan fingerprint density at radius 1 is 0.931 bits per heavy atom. The topological polar surface area (TPSA) is 53.8 Å². The molecule has 0 fully saturated rings. The van der Waals surface area contributed by atoms with Crippen molar-refractivity contribution in [3.63, 3.8) is 0 Å². The highest BCUT2D eigenvalue weighted by molar-refractivity contribution is 5.84. The van der Waals surface area contributed by atoms with Crippen molar-refractivity contribution in [3.05, 3.63) is 59.3 Å². The van der Waals surface area contributed by atoms with Gasteiger partial charge in [-0.05, 0) is 49.6 Å². The maximum Gasteiger partial charge on any atom is 0.242 e. The minimum absolute atomic E-state index is 0.0117. The van der Waals surface area contributed by atoms with E-state index in [-0.39, 0.29) is 24.2 Å². The van der Waals surface area contributed by atoms with E-state index in [9.17, 15) is 14.0 Å². The van der Waals surface area contributed by atoms with E-state index < -0.39 is 0 Å². The largest absolute Gasteiger partial charge is 0.464 e. The molecule has 0 aliphatic carbocycles. The SMILES string of the molecule is CCCCC(=O)N(CCC)CC(=O)N(Cc1ccc(F)cc1)Cc1ccc(C)o1. The maximum absolute atomic E-state index is 13.2. The van der Waals surface area contributed by atoms with Crippen LogP contribution in [0, 0.1) is 12.7 Å². The number of halogens is 1. The van der Waals surface area contributed by atoms with Gasteiger partial charge in [-0.3, -0.25) is 9.59 Å². The molecular formula is C23H31FN2O3. The van der Waals surface area contributed by atoms with E-state index in [4.69, 9.17) is 4.42 Å². The number of aryl methyl sites for hydroxylation is 1. The Kier molecular flexibility index (Phi) is 8.90. The van der Waals surface area contributed by atoms with E-state index >= 15 is 0 Å². The molecule has 6 heteroatoms. The summed E-state index contributed by atoms with van der Waals surface area (Å²) in [6, 6.07) is 9.79. The first-order valence-corrected chi connectivity index (χ1v) is 10.3. The zero-order chi connectivity index (χ0) is 21.2. The van der Waals surface area contributed by atoms with E-state index in [2.05, 4.69) is 0 Å². The van der Waals surface area contributed by atoms with Crippen LogP contribution >= 0.6 is 0 Å². The summed E-state index contributed by atoms with van der Waals surface area (Å²) < 4.78 is 18.9. The molecule has 0 unspecified atom stereocenters. The molecule has 2 rings (SSSR count). The lowest BCUT2D eigenvalue weighted by molar-refractivity contribution is -0.141.